The Hall–Kier alpha value is -2.87. The number of carboxylic acid groups (broad SMARTS) is 1. The number of hydrazone groups is 1. The number of aryl methyl sites for hydroxylation is 1. The Morgan fingerprint density at radius 3 is 2.42 bits per heavy atom. The summed E-state index contributed by atoms with van der Waals surface area (Å²) in [6, 6.07) is 13.3. The summed E-state index contributed by atoms with van der Waals surface area (Å²) in [6.07, 6.45) is 1.88. The lowest BCUT2D eigenvalue weighted by Crippen LogP contribution is -2.18. The average molecular weight is 376 g/mol. The lowest BCUT2D eigenvalue weighted by molar-refractivity contribution is -0.137. The Morgan fingerprint density at radius 1 is 1.15 bits per heavy atom. The third-order valence-corrected chi connectivity index (χ3v) is 4.64. The summed E-state index contributed by atoms with van der Waals surface area (Å²) in [5.74, 6) is -0.249. The largest absolute Gasteiger partial charge is 0.494 e. The molecular weight excluding hydrogens is 356 g/mol. The average Bonchev–Trinajstić information content (AvgIpc) is 2.60. The Balaban J connectivity index is 1.88. The van der Waals surface area contributed by atoms with Crippen LogP contribution in [0.4, 0.5) is 0 Å². The molecule has 0 aliphatic heterocycles. The minimum atomic E-state index is -3.70. The lowest BCUT2D eigenvalue weighted by Gasteiger charge is -2.05. The number of sulfonamides is 1. The summed E-state index contributed by atoms with van der Waals surface area (Å²) in [5.41, 5.74) is 1.66. The molecule has 2 aromatic carbocycles. The van der Waals surface area contributed by atoms with Gasteiger partial charge in [0.25, 0.3) is 10.0 Å². The van der Waals surface area contributed by atoms with Crippen LogP contribution in [0.5, 0.6) is 5.75 Å². The molecule has 8 heteroatoms. The second-order valence-corrected chi connectivity index (χ2v) is 7.24. The maximum atomic E-state index is 12.1. The number of nitrogens with one attached hydrogen (secondary N) is 1. The number of benzene rings is 2. The first-order valence-electron chi connectivity index (χ1n) is 7.93. The number of hydrogen-bond acceptors (Lipinski definition) is 5. The second kappa shape index (κ2) is 9.00. The van der Waals surface area contributed by atoms with Crippen LogP contribution in [0.2, 0.25) is 0 Å². The van der Waals surface area contributed by atoms with E-state index in [1.54, 1.807) is 36.4 Å². The van der Waals surface area contributed by atoms with E-state index < -0.39 is 16.0 Å². The smallest absolute Gasteiger partial charge is 0.303 e. The topological polar surface area (TPSA) is 105 Å². The SMILES string of the molecule is Cc1ccc(S(=O)(=O)NN=Cc2ccc(OCCCC(=O)O)cc2)cc1. The summed E-state index contributed by atoms with van der Waals surface area (Å²) in [5, 5.41) is 12.3. The van der Waals surface area contributed by atoms with Gasteiger partial charge in [0.1, 0.15) is 5.75 Å². The quantitative estimate of drug-likeness (QED) is 0.397. The standard InChI is InChI=1S/C18H20N2O5S/c1-14-4-10-17(11-5-14)26(23,24)20-19-13-15-6-8-16(9-7-15)25-12-2-3-18(21)22/h4-11,13,20H,2-3,12H2,1H3,(H,21,22). The molecule has 0 fully saturated rings. The highest BCUT2D eigenvalue weighted by Gasteiger charge is 2.11. The molecule has 0 bridgehead atoms. The number of nitrogens with zero attached hydrogens (tertiary/aromatic N) is 1. The van der Waals surface area contributed by atoms with Gasteiger partial charge in [-0.1, -0.05) is 17.7 Å². The first kappa shape index (κ1) is 19.5. The molecule has 0 unspecified atom stereocenters. The number of ether oxygens (including phenoxy) is 1. The van der Waals surface area contributed by atoms with Crippen molar-refractivity contribution in [1.82, 2.24) is 4.83 Å². The maximum absolute atomic E-state index is 12.1. The number of rotatable bonds is 9. The van der Waals surface area contributed by atoms with E-state index in [2.05, 4.69) is 9.93 Å². The zero-order valence-electron chi connectivity index (χ0n) is 14.3. The van der Waals surface area contributed by atoms with Gasteiger partial charge in [0, 0.05) is 6.42 Å². The van der Waals surface area contributed by atoms with E-state index in [9.17, 15) is 13.2 Å². The Morgan fingerprint density at radius 2 is 1.81 bits per heavy atom. The molecule has 26 heavy (non-hydrogen) atoms. The van der Waals surface area contributed by atoms with E-state index in [0.29, 0.717) is 24.3 Å². The van der Waals surface area contributed by atoms with E-state index >= 15 is 0 Å². The molecule has 0 atom stereocenters. The Bertz CT molecular complexity index is 859. The molecule has 0 saturated heterocycles. The van der Waals surface area contributed by atoms with Crippen molar-refractivity contribution in [3.05, 3.63) is 59.7 Å². The highest BCUT2D eigenvalue weighted by atomic mass is 32.2. The number of aliphatic carboxylic acids is 1. The molecule has 0 saturated carbocycles. The second-order valence-electron chi connectivity index (χ2n) is 5.58. The molecule has 138 valence electrons. The van der Waals surface area contributed by atoms with Crippen molar-refractivity contribution in [2.75, 3.05) is 6.61 Å². The fraction of sp³-hybridized carbons (Fsp3) is 0.222. The summed E-state index contributed by atoms with van der Waals surface area (Å²) in [7, 11) is -3.70. The summed E-state index contributed by atoms with van der Waals surface area (Å²) in [4.78, 5) is 12.7. The van der Waals surface area contributed by atoms with Crippen LogP contribution in [0.3, 0.4) is 0 Å². The fourth-order valence-electron chi connectivity index (χ4n) is 2.00. The first-order valence-corrected chi connectivity index (χ1v) is 9.41. The third-order valence-electron chi connectivity index (χ3n) is 3.40. The molecule has 0 aliphatic rings. The monoisotopic (exact) mass is 376 g/mol. The number of carboxylic acids is 1. The van der Waals surface area contributed by atoms with Crippen LogP contribution in [-0.2, 0) is 14.8 Å². The third kappa shape index (κ3) is 6.21. The van der Waals surface area contributed by atoms with Gasteiger partial charge in [0.15, 0.2) is 0 Å². The fourth-order valence-corrected chi connectivity index (χ4v) is 2.80. The molecule has 0 heterocycles. The van der Waals surface area contributed by atoms with Crippen molar-refractivity contribution >= 4 is 22.2 Å². The van der Waals surface area contributed by atoms with Gasteiger partial charge in [-0.3, -0.25) is 4.79 Å². The van der Waals surface area contributed by atoms with Gasteiger partial charge in [-0.2, -0.15) is 13.5 Å². The Kier molecular flexibility index (Phi) is 6.74. The molecule has 0 aliphatic carbocycles. The molecule has 0 spiro atoms. The predicted octanol–water partition coefficient (Wildman–Crippen LogP) is 2.55. The van der Waals surface area contributed by atoms with E-state index in [1.807, 2.05) is 6.92 Å². The van der Waals surface area contributed by atoms with Gasteiger partial charge in [0.05, 0.1) is 17.7 Å². The van der Waals surface area contributed by atoms with E-state index in [4.69, 9.17) is 9.84 Å². The van der Waals surface area contributed by atoms with Crippen LogP contribution < -0.4 is 9.57 Å². The molecule has 2 N–H and O–H groups in total. The molecule has 2 rings (SSSR count). The Labute approximate surface area is 152 Å². The van der Waals surface area contributed by atoms with Crippen LogP contribution in [-0.4, -0.2) is 32.3 Å². The molecule has 2 aromatic rings. The molecule has 0 aromatic heterocycles. The minimum Gasteiger partial charge on any atom is -0.494 e. The van der Waals surface area contributed by atoms with Crippen molar-refractivity contribution in [3.63, 3.8) is 0 Å². The highest BCUT2D eigenvalue weighted by molar-refractivity contribution is 7.89. The zero-order chi connectivity index (χ0) is 19.0. The van der Waals surface area contributed by atoms with Crippen molar-refractivity contribution in [3.8, 4) is 5.75 Å². The van der Waals surface area contributed by atoms with Gasteiger partial charge >= 0.3 is 5.97 Å². The van der Waals surface area contributed by atoms with Gasteiger partial charge < -0.3 is 9.84 Å². The zero-order valence-corrected chi connectivity index (χ0v) is 15.1. The predicted molar refractivity (Wildman–Crippen MR) is 97.9 cm³/mol. The maximum Gasteiger partial charge on any atom is 0.303 e. The normalized spacial score (nSPS) is 11.4. The van der Waals surface area contributed by atoms with Crippen LogP contribution >= 0.6 is 0 Å². The summed E-state index contributed by atoms with van der Waals surface area (Å²) >= 11 is 0. The first-order chi connectivity index (χ1) is 12.4. The summed E-state index contributed by atoms with van der Waals surface area (Å²) in [6.45, 7) is 2.19. The van der Waals surface area contributed by atoms with Gasteiger partial charge in [-0.05, 0) is 55.3 Å². The van der Waals surface area contributed by atoms with Gasteiger partial charge in [0.2, 0.25) is 0 Å². The van der Waals surface area contributed by atoms with Crippen LogP contribution in [0.25, 0.3) is 0 Å². The van der Waals surface area contributed by atoms with Crippen LogP contribution in [0.1, 0.15) is 24.0 Å². The number of hydrogen-bond donors (Lipinski definition) is 2. The van der Waals surface area contributed by atoms with Crippen molar-refractivity contribution in [1.29, 1.82) is 0 Å². The molecule has 0 amide bonds. The van der Waals surface area contributed by atoms with Crippen LogP contribution in [0.15, 0.2) is 58.5 Å². The van der Waals surface area contributed by atoms with Crippen molar-refractivity contribution in [2.24, 2.45) is 5.10 Å². The lowest BCUT2D eigenvalue weighted by atomic mass is 10.2. The number of carbonyl (C=O) groups is 1. The van der Waals surface area contributed by atoms with Crippen molar-refractivity contribution < 1.29 is 23.1 Å². The molecule has 0 radical (unpaired) electrons. The summed E-state index contributed by atoms with van der Waals surface area (Å²) < 4.78 is 29.6. The minimum absolute atomic E-state index is 0.0614. The van der Waals surface area contributed by atoms with E-state index in [-0.39, 0.29) is 11.3 Å². The highest BCUT2D eigenvalue weighted by Crippen LogP contribution is 2.12. The van der Waals surface area contributed by atoms with E-state index in [1.165, 1.54) is 18.3 Å². The van der Waals surface area contributed by atoms with Gasteiger partial charge in [-0.15, -0.1) is 0 Å². The molecular formula is C18H20N2O5S. The van der Waals surface area contributed by atoms with E-state index in [0.717, 1.165) is 5.56 Å². The molecule has 7 nitrogen and oxygen atoms in total. The van der Waals surface area contributed by atoms with Crippen molar-refractivity contribution in [2.45, 2.75) is 24.7 Å². The van der Waals surface area contributed by atoms with Gasteiger partial charge in [-0.25, -0.2) is 4.83 Å². The van der Waals surface area contributed by atoms with Crippen LogP contribution in [0, 0.1) is 6.92 Å².